The van der Waals surface area contributed by atoms with E-state index in [4.69, 9.17) is 16.9 Å². The largest absolute Gasteiger partial charge is 0.370 e. The molecule has 1 aromatic rings. The van der Waals surface area contributed by atoms with Crippen LogP contribution in [0.15, 0.2) is 18.2 Å². The van der Waals surface area contributed by atoms with E-state index in [1.54, 1.807) is 6.07 Å². The zero-order valence-corrected chi connectivity index (χ0v) is 10.2. The van der Waals surface area contributed by atoms with Gasteiger partial charge in [0.25, 0.3) is 0 Å². The number of nitrogens with zero attached hydrogens (tertiary/aromatic N) is 2. The van der Waals surface area contributed by atoms with Crippen LogP contribution in [0, 0.1) is 23.2 Å². The predicted octanol–water partition coefficient (Wildman–Crippen LogP) is 1.87. The average Bonchev–Trinajstić information content (AvgIpc) is 2.88. The van der Waals surface area contributed by atoms with E-state index in [0.717, 1.165) is 49.3 Å². The van der Waals surface area contributed by atoms with E-state index in [1.165, 1.54) is 0 Å². The minimum Gasteiger partial charge on any atom is -0.370 e. The van der Waals surface area contributed by atoms with Crippen molar-refractivity contribution in [3.05, 3.63) is 28.8 Å². The van der Waals surface area contributed by atoms with Crippen molar-refractivity contribution in [1.82, 2.24) is 5.32 Å². The van der Waals surface area contributed by atoms with Gasteiger partial charge in [-0.2, -0.15) is 5.26 Å². The Balaban J connectivity index is 1.90. The maximum atomic E-state index is 9.14. The van der Waals surface area contributed by atoms with Crippen LogP contribution in [0.2, 0.25) is 5.02 Å². The van der Waals surface area contributed by atoms with Crippen LogP contribution in [0.25, 0.3) is 0 Å². The monoisotopic (exact) mass is 247 g/mol. The number of halogens is 1. The highest BCUT2D eigenvalue weighted by Crippen LogP contribution is 2.33. The molecule has 3 rings (SSSR count). The number of nitriles is 1. The van der Waals surface area contributed by atoms with E-state index < -0.39 is 0 Å². The van der Waals surface area contributed by atoms with Crippen LogP contribution in [0.1, 0.15) is 5.56 Å². The van der Waals surface area contributed by atoms with Crippen molar-refractivity contribution in [2.75, 3.05) is 31.1 Å². The maximum absolute atomic E-state index is 9.14. The molecule has 0 radical (unpaired) electrons. The van der Waals surface area contributed by atoms with E-state index in [-0.39, 0.29) is 0 Å². The Hall–Kier alpha value is -1.24. The van der Waals surface area contributed by atoms with E-state index in [0.29, 0.717) is 5.02 Å². The van der Waals surface area contributed by atoms with Crippen LogP contribution >= 0.6 is 11.6 Å². The lowest BCUT2D eigenvalue weighted by Crippen LogP contribution is -2.26. The molecule has 0 spiro atoms. The molecule has 3 nitrogen and oxygen atoms in total. The Bertz CT molecular complexity index is 468. The number of benzene rings is 1. The molecule has 0 saturated carbocycles. The van der Waals surface area contributed by atoms with E-state index in [1.807, 2.05) is 12.1 Å². The third-order valence-corrected chi connectivity index (χ3v) is 4.05. The number of nitrogens with one attached hydrogen (secondary N) is 1. The molecule has 4 heteroatoms. The Morgan fingerprint density at radius 1 is 1.29 bits per heavy atom. The third-order valence-electron chi connectivity index (χ3n) is 3.81. The van der Waals surface area contributed by atoms with Crippen molar-refractivity contribution in [2.24, 2.45) is 11.8 Å². The first-order valence-corrected chi connectivity index (χ1v) is 6.31. The number of fused-ring (bicyclic) bond motifs is 1. The van der Waals surface area contributed by atoms with Crippen LogP contribution in [0.3, 0.4) is 0 Å². The van der Waals surface area contributed by atoms with Gasteiger partial charge in [0.05, 0.1) is 11.3 Å². The van der Waals surface area contributed by atoms with Gasteiger partial charge in [0.1, 0.15) is 6.07 Å². The topological polar surface area (TPSA) is 39.1 Å². The number of rotatable bonds is 1. The first kappa shape index (κ1) is 10.9. The van der Waals surface area contributed by atoms with Gasteiger partial charge < -0.3 is 10.2 Å². The van der Waals surface area contributed by atoms with Crippen molar-refractivity contribution in [2.45, 2.75) is 0 Å². The Morgan fingerprint density at radius 3 is 2.65 bits per heavy atom. The van der Waals surface area contributed by atoms with Gasteiger partial charge in [0.15, 0.2) is 0 Å². The average molecular weight is 248 g/mol. The molecule has 88 valence electrons. The van der Waals surface area contributed by atoms with Crippen LogP contribution in [0.5, 0.6) is 0 Å². The Morgan fingerprint density at radius 2 is 2.00 bits per heavy atom. The van der Waals surface area contributed by atoms with E-state index in [2.05, 4.69) is 16.3 Å². The van der Waals surface area contributed by atoms with Gasteiger partial charge in [-0.05, 0) is 30.0 Å². The number of hydrogen-bond acceptors (Lipinski definition) is 3. The quantitative estimate of drug-likeness (QED) is 0.824. The molecule has 0 amide bonds. The Labute approximate surface area is 106 Å². The molecule has 0 aromatic heterocycles. The minimum absolute atomic E-state index is 0.703. The molecule has 1 N–H and O–H groups in total. The minimum atomic E-state index is 0.703. The van der Waals surface area contributed by atoms with Crippen molar-refractivity contribution < 1.29 is 0 Å². The molecule has 0 bridgehead atoms. The lowest BCUT2D eigenvalue weighted by atomic mass is 10.0. The van der Waals surface area contributed by atoms with E-state index >= 15 is 0 Å². The summed E-state index contributed by atoms with van der Waals surface area (Å²) >= 11 is 6.02. The van der Waals surface area contributed by atoms with Gasteiger partial charge in [-0.25, -0.2) is 0 Å². The molecular formula is C13H14ClN3. The molecule has 0 aliphatic carbocycles. The van der Waals surface area contributed by atoms with Crippen molar-refractivity contribution in [3.63, 3.8) is 0 Å². The zero-order valence-electron chi connectivity index (χ0n) is 9.49. The summed E-state index contributed by atoms with van der Waals surface area (Å²) in [6.45, 7) is 4.27. The highest BCUT2D eigenvalue weighted by atomic mass is 35.5. The molecule has 17 heavy (non-hydrogen) atoms. The third kappa shape index (κ3) is 1.88. The SMILES string of the molecule is N#Cc1ccc(Cl)cc1N1C[C@H]2CNC[C@H]2C1. The molecule has 2 saturated heterocycles. The fourth-order valence-electron chi connectivity index (χ4n) is 2.91. The molecule has 2 aliphatic heterocycles. The van der Waals surface area contributed by atoms with Gasteiger partial charge in [0.2, 0.25) is 0 Å². The second kappa shape index (κ2) is 4.21. The summed E-state index contributed by atoms with van der Waals surface area (Å²) in [6.07, 6.45) is 0. The van der Waals surface area contributed by atoms with Crippen LogP contribution in [-0.4, -0.2) is 26.2 Å². The summed E-state index contributed by atoms with van der Waals surface area (Å²) in [6, 6.07) is 7.75. The summed E-state index contributed by atoms with van der Waals surface area (Å²) in [4.78, 5) is 2.31. The maximum Gasteiger partial charge on any atom is 0.101 e. The van der Waals surface area contributed by atoms with Crippen LogP contribution in [0.4, 0.5) is 5.69 Å². The second-order valence-electron chi connectivity index (χ2n) is 4.86. The molecule has 2 aliphatic rings. The van der Waals surface area contributed by atoms with E-state index in [9.17, 15) is 0 Å². The highest BCUT2D eigenvalue weighted by Gasteiger charge is 2.36. The normalized spacial score (nSPS) is 26.9. The molecule has 2 heterocycles. The number of hydrogen-bond donors (Lipinski definition) is 1. The Kier molecular flexibility index (Phi) is 2.70. The summed E-state index contributed by atoms with van der Waals surface area (Å²) in [5, 5.41) is 13.3. The first-order chi connectivity index (χ1) is 8.28. The fourth-order valence-corrected chi connectivity index (χ4v) is 3.08. The van der Waals surface area contributed by atoms with Gasteiger partial charge in [0, 0.05) is 31.2 Å². The number of anilines is 1. The summed E-state index contributed by atoms with van der Waals surface area (Å²) in [5.41, 5.74) is 1.72. The van der Waals surface area contributed by atoms with Crippen LogP contribution < -0.4 is 10.2 Å². The van der Waals surface area contributed by atoms with Gasteiger partial charge in [-0.1, -0.05) is 11.6 Å². The molecule has 1 aromatic carbocycles. The zero-order chi connectivity index (χ0) is 11.8. The molecule has 2 atom stereocenters. The van der Waals surface area contributed by atoms with Crippen molar-refractivity contribution in [3.8, 4) is 6.07 Å². The lowest BCUT2D eigenvalue weighted by molar-refractivity contribution is 0.533. The van der Waals surface area contributed by atoms with Crippen molar-refractivity contribution in [1.29, 1.82) is 5.26 Å². The van der Waals surface area contributed by atoms with Crippen molar-refractivity contribution >= 4 is 17.3 Å². The van der Waals surface area contributed by atoms with Crippen LogP contribution in [-0.2, 0) is 0 Å². The molecule has 2 fully saturated rings. The standard InChI is InChI=1S/C13H14ClN3/c14-12-2-1-9(4-15)13(3-12)17-7-10-5-16-6-11(10)8-17/h1-3,10-11,16H,5-8H2/t10-,11+. The lowest BCUT2D eigenvalue weighted by Gasteiger charge is -2.21. The van der Waals surface area contributed by atoms with Gasteiger partial charge in [-0.15, -0.1) is 0 Å². The highest BCUT2D eigenvalue weighted by molar-refractivity contribution is 6.30. The summed E-state index contributed by atoms with van der Waals surface area (Å²) in [7, 11) is 0. The summed E-state index contributed by atoms with van der Waals surface area (Å²) in [5.74, 6) is 1.45. The first-order valence-electron chi connectivity index (χ1n) is 5.93. The predicted molar refractivity (Wildman–Crippen MR) is 68.2 cm³/mol. The fraction of sp³-hybridized carbons (Fsp3) is 0.462. The second-order valence-corrected chi connectivity index (χ2v) is 5.29. The molecule has 0 unspecified atom stereocenters. The van der Waals surface area contributed by atoms with Gasteiger partial charge in [-0.3, -0.25) is 0 Å². The summed E-state index contributed by atoms with van der Waals surface area (Å²) < 4.78 is 0. The molecular weight excluding hydrogens is 234 g/mol. The smallest absolute Gasteiger partial charge is 0.101 e. The van der Waals surface area contributed by atoms with Gasteiger partial charge >= 0.3 is 0 Å².